The highest BCUT2D eigenvalue weighted by atomic mass is 16.6. The summed E-state index contributed by atoms with van der Waals surface area (Å²) in [5.41, 5.74) is 1.67. The Bertz CT molecular complexity index is 976. The van der Waals surface area contributed by atoms with E-state index in [0.717, 1.165) is 37.2 Å². The molecule has 3 fully saturated rings. The molecule has 2 saturated heterocycles. The maximum absolute atomic E-state index is 12.7. The van der Waals surface area contributed by atoms with Gasteiger partial charge in [-0.15, -0.1) is 0 Å². The summed E-state index contributed by atoms with van der Waals surface area (Å²) in [4.78, 5) is 31.0. The number of hydrogen-bond acceptors (Lipinski definition) is 7. The van der Waals surface area contributed by atoms with Crippen LogP contribution >= 0.6 is 0 Å². The van der Waals surface area contributed by atoms with Crippen molar-refractivity contribution in [2.24, 2.45) is 5.92 Å². The van der Waals surface area contributed by atoms with Crippen LogP contribution in [0.4, 0.5) is 16.3 Å². The first kappa shape index (κ1) is 20.7. The molecule has 0 bridgehead atoms. The number of H-pyrrole nitrogens is 1. The molecule has 3 N–H and O–H groups in total. The SMILES string of the molecule is CC1(NC(=O)O[C@@H]2CO[C@H](c3cc(NC(=O)[C@H]4CCN(c5cccnc5)C4)n[nH]3)C2)CC1. The lowest BCUT2D eigenvalue weighted by Gasteiger charge is -2.17. The predicted octanol–water partition coefficient (Wildman–Crippen LogP) is 2.38. The van der Waals surface area contributed by atoms with E-state index in [4.69, 9.17) is 9.47 Å². The van der Waals surface area contributed by atoms with Gasteiger partial charge in [-0.2, -0.15) is 5.10 Å². The van der Waals surface area contributed by atoms with E-state index in [0.29, 0.717) is 25.4 Å². The number of hydrogen-bond donors (Lipinski definition) is 3. The molecule has 5 rings (SSSR count). The average molecular weight is 441 g/mol. The predicted molar refractivity (Wildman–Crippen MR) is 116 cm³/mol. The van der Waals surface area contributed by atoms with E-state index in [1.807, 2.05) is 25.3 Å². The summed E-state index contributed by atoms with van der Waals surface area (Å²) in [6.07, 6.45) is 5.89. The fourth-order valence-electron chi connectivity index (χ4n) is 4.18. The van der Waals surface area contributed by atoms with Crippen molar-refractivity contribution < 1.29 is 19.1 Å². The minimum Gasteiger partial charge on any atom is -0.444 e. The number of nitrogens with one attached hydrogen (secondary N) is 3. The minimum absolute atomic E-state index is 0.0479. The molecule has 0 unspecified atom stereocenters. The van der Waals surface area contributed by atoms with E-state index in [9.17, 15) is 9.59 Å². The van der Waals surface area contributed by atoms with Crippen LogP contribution in [0.2, 0.25) is 0 Å². The van der Waals surface area contributed by atoms with Gasteiger partial charge in [0.05, 0.1) is 30.1 Å². The molecule has 2 amide bonds. The number of rotatable bonds is 6. The minimum atomic E-state index is -0.395. The van der Waals surface area contributed by atoms with E-state index in [2.05, 4.69) is 30.7 Å². The third-order valence-electron chi connectivity index (χ3n) is 6.40. The largest absolute Gasteiger partial charge is 0.444 e. The van der Waals surface area contributed by atoms with Crippen LogP contribution in [0.25, 0.3) is 0 Å². The molecule has 10 heteroatoms. The van der Waals surface area contributed by atoms with Gasteiger partial charge in [0.25, 0.3) is 0 Å². The molecular formula is C22H28N6O4. The van der Waals surface area contributed by atoms with Crippen molar-refractivity contribution in [1.82, 2.24) is 20.5 Å². The number of amides is 2. The Labute approximate surface area is 186 Å². The summed E-state index contributed by atoms with van der Waals surface area (Å²) >= 11 is 0. The number of ether oxygens (including phenoxy) is 2. The Morgan fingerprint density at radius 3 is 3.03 bits per heavy atom. The average Bonchev–Trinajstić information content (AvgIpc) is 3.25. The number of aromatic nitrogens is 3. The fourth-order valence-corrected chi connectivity index (χ4v) is 4.18. The summed E-state index contributed by atoms with van der Waals surface area (Å²) in [6, 6.07) is 5.68. The van der Waals surface area contributed by atoms with Crippen LogP contribution in [0.1, 0.15) is 44.4 Å². The maximum Gasteiger partial charge on any atom is 0.407 e. The number of pyridine rings is 1. The van der Waals surface area contributed by atoms with Gasteiger partial charge >= 0.3 is 6.09 Å². The molecule has 3 atom stereocenters. The van der Waals surface area contributed by atoms with Crippen LogP contribution in [-0.4, -0.2) is 58.5 Å². The van der Waals surface area contributed by atoms with E-state index >= 15 is 0 Å². The molecule has 1 saturated carbocycles. The Balaban J connectivity index is 1.10. The number of carbonyl (C=O) groups is 2. The van der Waals surface area contributed by atoms with Gasteiger partial charge in [-0.05, 0) is 38.3 Å². The van der Waals surface area contributed by atoms with Crippen LogP contribution in [0.15, 0.2) is 30.6 Å². The van der Waals surface area contributed by atoms with E-state index in [1.165, 1.54) is 0 Å². The zero-order chi connectivity index (χ0) is 22.1. The second-order valence-electron chi connectivity index (χ2n) is 9.11. The van der Waals surface area contributed by atoms with E-state index in [-0.39, 0.29) is 29.6 Å². The zero-order valence-corrected chi connectivity index (χ0v) is 18.0. The highest BCUT2D eigenvalue weighted by Crippen LogP contribution is 2.35. The molecule has 0 aromatic carbocycles. The first-order chi connectivity index (χ1) is 15.5. The lowest BCUT2D eigenvalue weighted by Crippen LogP contribution is -2.37. The number of aromatic amines is 1. The Kier molecular flexibility index (Phi) is 5.46. The van der Waals surface area contributed by atoms with Crippen LogP contribution in [0, 0.1) is 5.92 Å². The zero-order valence-electron chi connectivity index (χ0n) is 18.0. The smallest absolute Gasteiger partial charge is 0.407 e. The Morgan fingerprint density at radius 1 is 1.38 bits per heavy atom. The van der Waals surface area contributed by atoms with Gasteiger partial charge in [0.1, 0.15) is 12.2 Å². The maximum atomic E-state index is 12.7. The number of carbonyl (C=O) groups excluding carboxylic acids is 2. The molecule has 10 nitrogen and oxygen atoms in total. The molecule has 2 aromatic rings. The first-order valence-corrected chi connectivity index (χ1v) is 11.1. The van der Waals surface area contributed by atoms with E-state index in [1.54, 1.807) is 12.3 Å². The Hall–Kier alpha value is -3.14. The molecule has 1 aliphatic carbocycles. The third kappa shape index (κ3) is 4.69. The van der Waals surface area contributed by atoms with Gasteiger partial charge in [-0.1, -0.05) is 0 Å². The van der Waals surface area contributed by atoms with Crippen molar-refractivity contribution in [2.45, 2.75) is 50.4 Å². The molecule has 4 heterocycles. The molecule has 170 valence electrons. The summed E-state index contributed by atoms with van der Waals surface area (Å²) in [5, 5.41) is 12.9. The number of alkyl carbamates (subject to hydrolysis) is 1. The van der Waals surface area contributed by atoms with Gasteiger partial charge in [0.15, 0.2) is 5.82 Å². The molecule has 0 spiro atoms. The summed E-state index contributed by atoms with van der Waals surface area (Å²) in [5.74, 6) is 0.313. The fraction of sp³-hybridized carbons (Fsp3) is 0.545. The van der Waals surface area contributed by atoms with Gasteiger partial charge in [0, 0.05) is 37.3 Å². The molecular weight excluding hydrogens is 412 g/mol. The summed E-state index contributed by atoms with van der Waals surface area (Å²) in [6.45, 7) is 3.81. The van der Waals surface area contributed by atoms with Crippen molar-refractivity contribution >= 4 is 23.5 Å². The standard InChI is InChI=1S/C22H28N6O4/c1-22(5-6-22)25-21(30)32-16-9-18(31-13-16)17-10-19(27-26-17)24-20(29)14-4-8-28(12-14)15-3-2-7-23-11-15/h2-3,7,10-11,14,16,18H,4-6,8-9,12-13H2,1H3,(H,25,30)(H2,24,26,27,29)/t14-,16-,18-/m0/s1. The molecule has 32 heavy (non-hydrogen) atoms. The lowest BCUT2D eigenvalue weighted by molar-refractivity contribution is -0.119. The Morgan fingerprint density at radius 2 is 2.25 bits per heavy atom. The second-order valence-corrected chi connectivity index (χ2v) is 9.11. The molecule has 0 radical (unpaired) electrons. The first-order valence-electron chi connectivity index (χ1n) is 11.1. The monoisotopic (exact) mass is 440 g/mol. The molecule has 3 aliphatic rings. The quantitative estimate of drug-likeness (QED) is 0.630. The van der Waals surface area contributed by atoms with Crippen LogP contribution in [0.5, 0.6) is 0 Å². The topological polar surface area (TPSA) is 121 Å². The van der Waals surface area contributed by atoms with Crippen molar-refractivity contribution in [3.8, 4) is 0 Å². The summed E-state index contributed by atoms with van der Waals surface area (Å²) in [7, 11) is 0. The van der Waals surface area contributed by atoms with Gasteiger partial charge < -0.3 is 25.0 Å². The highest BCUT2D eigenvalue weighted by molar-refractivity contribution is 5.92. The van der Waals surface area contributed by atoms with E-state index < -0.39 is 6.09 Å². The van der Waals surface area contributed by atoms with Gasteiger partial charge in [-0.3, -0.25) is 14.9 Å². The van der Waals surface area contributed by atoms with Crippen LogP contribution in [0.3, 0.4) is 0 Å². The third-order valence-corrected chi connectivity index (χ3v) is 6.40. The molecule has 2 aromatic heterocycles. The van der Waals surface area contributed by atoms with Gasteiger partial charge in [-0.25, -0.2) is 4.79 Å². The highest BCUT2D eigenvalue weighted by Gasteiger charge is 2.40. The van der Waals surface area contributed by atoms with Crippen molar-refractivity contribution in [1.29, 1.82) is 0 Å². The second kappa shape index (κ2) is 8.42. The van der Waals surface area contributed by atoms with Gasteiger partial charge in [0.2, 0.25) is 5.91 Å². The van der Waals surface area contributed by atoms with Crippen molar-refractivity contribution in [3.05, 3.63) is 36.3 Å². The number of anilines is 2. The molecule has 2 aliphatic heterocycles. The van der Waals surface area contributed by atoms with Crippen LogP contribution in [-0.2, 0) is 14.3 Å². The summed E-state index contributed by atoms with van der Waals surface area (Å²) < 4.78 is 11.3. The van der Waals surface area contributed by atoms with Crippen molar-refractivity contribution in [2.75, 3.05) is 29.9 Å². The lowest BCUT2D eigenvalue weighted by atomic mass is 10.1. The van der Waals surface area contributed by atoms with Crippen LogP contribution < -0.4 is 15.5 Å². The van der Waals surface area contributed by atoms with Crippen molar-refractivity contribution in [3.63, 3.8) is 0 Å². The number of nitrogens with zero attached hydrogens (tertiary/aromatic N) is 3. The normalized spacial score (nSPS) is 26.0.